The van der Waals surface area contributed by atoms with E-state index in [9.17, 15) is 0 Å². The van der Waals surface area contributed by atoms with Gasteiger partial charge in [0.1, 0.15) is 12.1 Å². The van der Waals surface area contributed by atoms with Gasteiger partial charge in [0.25, 0.3) is 0 Å². The molecule has 0 aliphatic heterocycles. The molecular weight excluding hydrogens is 266 g/mol. The lowest BCUT2D eigenvalue weighted by molar-refractivity contribution is 0.414. The zero-order chi connectivity index (χ0) is 13.2. The Morgan fingerprint density at radius 3 is 2.74 bits per heavy atom. The van der Waals surface area contributed by atoms with Gasteiger partial charge in [-0.15, -0.1) is 5.10 Å². The second kappa shape index (κ2) is 4.81. The molecule has 6 nitrogen and oxygen atoms in total. The summed E-state index contributed by atoms with van der Waals surface area (Å²) in [6.07, 6.45) is 1.40. The summed E-state index contributed by atoms with van der Waals surface area (Å²) in [4.78, 5) is 8.02. The Morgan fingerprint density at radius 1 is 1.21 bits per heavy atom. The van der Waals surface area contributed by atoms with Crippen molar-refractivity contribution in [3.8, 4) is 5.75 Å². The molecular formula is C12H10ClN5O. The molecule has 3 rings (SSSR count). The smallest absolute Gasteiger partial charge is 0.183 e. The number of benzene rings is 1. The van der Waals surface area contributed by atoms with E-state index in [1.807, 2.05) is 24.3 Å². The van der Waals surface area contributed by atoms with Crippen LogP contribution in [0.3, 0.4) is 0 Å². The third-order valence-corrected chi connectivity index (χ3v) is 3.02. The number of nitrogens with zero attached hydrogens (tertiary/aromatic N) is 5. The Balaban J connectivity index is 1.94. The van der Waals surface area contributed by atoms with Crippen molar-refractivity contribution in [2.75, 3.05) is 7.11 Å². The first-order valence-corrected chi connectivity index (χ1v) is 5.98. The quantitative estimate of drug-likeness (QED) is 0.683. The molecule has 2 heterocycles. The van der Waals surface area contributed by atoms with Crippen LogP contribution in [0, 0.1) is 0 Å². The standard InChI is InChI=1S/C12H10ClN5O/c1-19-9-4-2-8(3-5-9)6-18-12-10(16-17-18)11(13)14-7-15-12/h2-5,7H,6H2,1H3. The first-order chi connectivity index (χ1) is 9.28. The van der Waals surface area contributed by atoms with E-state index in [0.717, 1.165) is 11.3 Å². The zero-order valence-electron chi connectivity index (χ0n) is 10.1. The van der Waals surface area contributed by atoms with E-state index in [-0.39, 0.29) is 0 Å². The van der Waals surface area contributed by atoms with Crippen LogP contribution in [0.25, 0.3) is 11.2 Å². The summed E-state index contributed by atoms with van der Waals surface area (Å²) < 4.78 is 6.80. The normalized spacial score (nSPS) is 10.8. The van der Waals surface area contributed by atoms with Crippen molar-refractivity contribution in [3.63, 3.8) is 0 Å². The van der Waals surface area contributed by atoms with Gasteiger partial charge < -0.3 is 4.74 Å². The van der Waals surface area contributed by atoms with Gasteiger partial charge in [-0.3, -0.25) is 0 Å². The van der Waals surface area contributed by atoms with Crippen molar-refractivity contribution in [2.45, 2.75) is 6.54 Å². The van der Waals surface area contributed by atoms with E-state index in [0.29, 0.717) is 22.9 Å². The van der Waals surface area contributed by atoms with Crippen molar-refractivity contribution in [3.05, 3.63) is 41.3 Å². The monoisotopic (exact) mass is 275 g/mol. The maximum absolute atomic E-state index is 5.93. The molecule has 96 valence electrons. The van der Waals surface area contributed by atoms with E-state index >= 15 is 0 Å². The molecule has 7 heteroatoms. The Labute approximate surface area is 114 Å². The molecule has 0 aliphatic rings. The van der Waals surface area contributed by atoms with E-state index in [1.165, 1.54) is 6.33 Å². The van der Waals surface area contributed by atoms with Crippen LogP contribution in [0.5, 0.6) is 5.75 Å². The van der Waals surface area contributed by atoms with Gasteiger partial charge in [0, 0.05) is 0 Å². The van der Waals surface area contributed by atoms with Gasteiger partial charge >= 0.3 is 0 Å². The van der Waals surface area contributed by atoms with Gasteiger partial charge in [-0.25, -0.2) is 14.6 Å². The summed E-state index contributed by atoms with van der Waals surface area (Å²) in [7, 11) is 1.64. The first kappa shape index (κ1) is 11.9. The third kappa shape index (κ3) is 2.22. The van der Waals surface area contributed by atoms with Gasteiger partial charge in [-0.05, 0) is 17.7 Å². The molecule has 0 amide bonds. The van der Waals surface area contributed by atoms with Crippen LogP contribution >= 0.6 is 11.6 Å². The fraction of sp³-hybridized carbons (Fsp3) is 0.167. The lowest BCUT2D eigenvalue weighted by Gasteiger charge is -2.03. The van der Waals surface area contributed by atoms with Crippen molar-refractivity contribution >= 4 is 22.8 Å². The summed E-state index contributed by atoms with van der Waals surface area (Å²) >= 11 is 5.93. The number of methoxy groups -OCH3 is 1. The minimum absolute atomic E-state index is 0.311. The predicted molar refractivity (Wildman–Crippen MR) is 70.2 cm³/mol. The predicted octanol–water partition coefficient (Wildman–Crippen LogP) is 1.93. The Bertz CT molecular complexity index is 710. The maximum Gasteiger partial charge on any atom is 0.183 e. The first-order valence-electron chi connectivity index (χ1n) is 5.60. The number of rotatable bonds is 3. The van der Waals surface area contributed by atoms with E-state index in [1.54, 1.807) is 11.8 Å². The van der Waals surface area contributed by atoms with Crippen molar-refractivity contribution in [1.82, 2.24) is 25.0 Å². The van der Waals surface area contributed by atoms with Crippen LogP contribution in [0.1, 0.15) is 5.56 Å². The molecule has 1 aromatic carbocycles. The van der Waals surface area contributed by atoms with E-state index in [2.05, 4.69) is 20.3 Å². The summed E-state index contributed by atoms with van der Waals surface area (Å²) in [5.41, 5.74) is 2.20. The summed E-state index contributed by atoms with van der Waals surface area (Å²) in [5, 5.41) is 8.33. The molecule has 0 spiro atoms. The highest BCUT2D eigenvalue weighted by Crippen LogP contribution is 2.17. The fourth-order valence-corrected chi connectivity index (χ4v) is 1.94. The average Bonchev–Trinajstić information content (AvgIpc) is 2.84. The van der Waals surface area contributed by atoms with Gasteiger partial charge in [-0.1, -0.05) is 28.9 Å². The third-order valence-electron chi connectivity index (χ3n) is 2.75. The summed E-state index contributed by atoms with van der Waals surface area (Å²) in [6, 6.07) is 7.73. The zero-order valence-corrected chi connectivity index (χ0v) is 10.9. The second-order valence-electron chi connectivity index (χ2n) is 3.93. The molecule has 0 fully saturated rings. The van der Waals surface area contributed by atoms with Crippen LogP contribution < -0.4 is 4.74 Å². The van der Waals surface area contributed by atoms with Gasteiger partial charge in [-0.2, -0.15) is 0 Å². The number of aromatic nitrogens is 5. The van der Waals surface area contributed by atoms with E-state index < -0.39 is 0 Å². The number of fused-ring (bicyclic) bond motifs is 1. The summed E-state index contributed by atoms with van der Waals surface area (Å²) in [6.45, 7) is 0.563. The van der Waals surface area contributed by atoms with Crippen LogP contribution in [0.2, 0.25) is 5.15 Å². The maximum atomic E-state index is 5.93. The molecule has 0 radical (unpaired) electrons. The largest absolute Gasteiger partial charge is 0.497 e. The highest BCUT2D eigenvalue weighted by Gasteiger charge is 2.10. The van der Waals surface area contributed by atoms with Crippen LogP contribution in [0.15, 0.2) is 30.6 Å². The molecule has 3 aromatic rings. The molecule has 0 N–H and O–H groups in total. The molecule has 19 heavy (non-hydrogen) atoms. The number of ether oxygens (including phenoxy) is 1. The highest BCUT2D eigenvalue weighted by atomic mass is 35.5. The Morgan fingerprint density at radius 2 is 2.00 bits per heavy atom. The fourth-order valence-electron chi connectivity index (χ4n) is 1.78. The van der Waals surface area contributed by atoms with Gasteiger partial charge in [0.2, 0.25) is 0 Å². The van der Waals surface area contributed by atoms with Gasteiger partial charge in [0.05, 0.1) is 13.7 Å². The average molecular weight is 276 g/mol. The second-order valence-corrected chi connectivity index (χ2v) is 4.29. The Hall–Kier alpha value is -2.21. The number of halogens is 1. The highest BCUT2D eigenvalue weighted by molar-refractivity contribution is 6.33. The van der Waals surface area contributed by atoms with Crippen molar-refractivity contribution < 1.29 is 4.74 Å². The topological polar surface area (TPSA) is 65.7 Å². The molecule has 0 saturated carbocycles. The number of hydrogen-bond acceptors (Lipinski definition) is 5. The minimum Gasteiger partial charge on any atom is -0.497 e. The SMILES string of the molecule is COc1ccc(Cn2nnc3c(Cl)ncnc32)cc1. The molecule has 0 aliphatic carbocycles. The molecule has 0 saturated heterocycles. The molecule has 2 aromatic heterocycles. The van der Waals surface area contributed by atoms with E-state index in [4.69, 9.17) is 16.3 Å². The lowest BCUT2D eigenvalue weighted by Crippen LogP contribution is -2.03. The lowest BCUT2D eigenvalue weighted by atomic mass is 10.2. The minimum atomic E-state index is 0.311. The Kier molecular flexibility index (Phi) is 3.00. The molecule has 0 unspecified atom stereocenters. The number of hydrogen-bond donors (Lipinski definition) is 0. The van der Waals surface area contributed by atoms with Crippen LogP contribution in [-0.2, 0) is 6.54 Å². The van der Waals surface area contributed by atoms with Gasteiger partial charge in [0.15, 0.2) is 16.3 Å². The van der Waals surface area contributed by atoms with Crippen LogP contribution in [-0.4, -0.2) is 32.1 Å². The summed E-state index contributed by atoms with van der Waals surface area (Å²) in [5.74, 6) is 0.817. The van der Waals surface area contributed by atoms with Crippen molar-refractivity contribution in [1.29, 1.82) is 0 Å². The van der Waals surface area contributed by atoms with Crippen molar-refractivity contribution in [2.24, 2.45) is 0 Å². The molecule has 0 atom stereocenters. The van der Waals surface area contributed by atoms with Crippen LogP contribution in [0.4, 0.5) is 0 Å². The molecule has 0 bridgehead atoms.